The van der Waals surface area contributed by atoms with Crippen LogP contribution in [0.1, 0.15) is 28.8 Å². The molecule has 23 heavy (non-hydrogen) atoms. The van der Waals surface area contributed by atoms with Gasteiger partial charge < -0.3 is 0 Å². The fraction of sp³-hybridized carbons (Fsp3) is 0.462. The van der Waals surface area contributed by atoms with Crippen LogP contribution >= 0.6 is 0 Å². The van der Waals surface area contributed by atoms with Gasteiger partial charge in [-0.25, -0.2) is 0 Å². The van der Waals surface area contributed by atoms with E-state index in [1.54, 1.807) is 0 Å². The number of rotatable bonds is 6. The average molecular weight is 352 g/mol. The molecule has 0 saturated carbocycles. The summed E-state index contributed by atoms with van der Waals surface area (Å²) < 4.78 is 117. The van der Waals surface area contributed by atoms with Crippen molar-refractivity contribution in [3.8, 4) is 0 Å². The van der Waals surface area contributed by atoms with Crippen molar-refractivity contribution < 1.29 is 44.3 Å². The highest BCUT2D eigenvalue weighted by molar-refractivity contribution is 5.74. The summed E-state index contributed by atoms with van der Waals surface area (Å²) in [7, 11) is 0. The van der Waals surface area contributed by atoms with Gasteiger partial charge in [0.25, 0.3) is 0 Å². The molecule has 0 bridgehead atoms. The smallest absolute Gasteiger partial charge is 0.298 e. The second kappa shape index (κ2) is 6.04. The van der Waals surface area contributed by atoms with E-state index >= 15 is 0 Å². The van der Waals surface area contributed by atoms with Gasteiger partial charge in [-0.2, -0.15) is 39.5 Å². The highest BCUT2D eigenvalue weighted by Gasteiger charge is 2.71. The molecule has 0 radical (unpaired) electrons. The van der Waals surface area contributed by atoms with Crippen molar-refractivity contribution in [1.82, 2.24) is 0 Å². The molecule has 1 aromatic rings. The van der Waals surface area contributed by atoms with Crippen LogP contribution in [0.25, 0.3) is 0 Å². The van der Waals surface area contributed by atoms with E-state index < -0.39 is 42.3 Å². The Labute approximate surface area is 124 Å². The second-order valence-corrected chi connectivity index (χ2v) is 4.71. The number of halogens is 9. The molecule has 0 aliphatic carbocycles. The van der Waals surface area contributed by atoms with Crippen molar-refractivity contribution in [2.24, 2.45) is 0 Å². The average Bonchev–Trinajstić information content (AvgIpc) is 2.44. The molecular weight excluding hydrogens is 343 g/mol. The van der Waals surface area contributed by atoms with Crippen LogP contribution in [-0.4, -0.2) is 24.3 Å². The summed E-state index contributed by atoms with van der Waals surface area (Å²) in [6.07, 6.45) is -9.81. The van der Waals surface area contributed by atoms with E-state index in [1.165, 1.54) is 0 Å². The standard InChI is InChI=1S/C13H9F9O/c14-10(15,5-6-11(16,17)18)13(21,22)12(19,20)9-3-1-8(7-23)2-4-9/h1-4,7H,5-6H2. The number of aldehydes is 1. The number of hydrogen-bond acceptors (Lipinski definition) is 1. The van der Waals surface area contributed by atoms with E-state index in [9.17, 15) is 44.3 Å². The molecule has 0 heterocycles. The molecule has 0 atom stereocenters. The molecule has 0 aliphatic rings. The minimum absolute atomic E-state index is 0.170. The van der Waals surface area contributed by atoms with E-state index in [0.717, 1.165) is 0 Å². The van der Waals surface area contributed by atoms with Crippen LogP contribution in [0, 0.1) is 0 Å². The molecule has 1 aromatic carbocycles. The summed E-state index contributed by atoms with van der Waals surface area (Å²) in [5.41, 5.74) is -1.71. The number of benzene rings is 1. The molecule has 0 fully saturated rings. The lowest BCUT2D eigenvalue weighted by molar-refractivity contribution is -0.320. The molecule has 130 valence electrons. The van der Waals surface area contributed by atoms with Crippen molar-refractivity contribution in [3.05, 3.63) is 35.4 Å². The van der Waals surface area contributed by atoms with E-state index in [1.807, 2.05) is 0 Å². The Morgan fingerprint density at radius 1 is 0.783 bits per heavy atom. The molecular formula is C13H9F9O. The predicted molar refractivity (Wildman–Crippen MR) is 60.9 cm³/mol. The van der Waals surface area contributed by atoms with E-state index in [-0.39, 0.29) is 11.8 Å². The Hall–Kier alpha value is -1.74. The van der Waals surface area contributed by atoms with Crippen molar-refractivity contribution >= 4 is 6.29 Å². The lowest BCUT2D eigenvalue weighted by Crippen LogP contribution is -2.52. The Balaban J connectivity index is 3.13. The first-order valence-corrected chi connectivity index (χ1v) is 6.00. The fourth-order valence-corrected chi connectivity index (χ4v) is 1.64. The topological polar surface area (TPSA) is 17.1 Å². The summed E-state index contributed by atoms with van der Waals surface area (Å²) in [6, 6.07) is 2.05. The molecule has 0 spiro atoms. The normalized spacial score (nSPS) is 14.0. The summed E-state index contributed by atoms with van der Waals surface area (Å²) in [4.78, 5) is 10.3. The van der Waals surface area contributed by atoms with Crippen LogP contribution in [-0.2, 0) is 5.92 Å². The molecule has 0 N–H and O–H groups in total. The molecule has 0 saturated heterocycles. The molecule has 1 nitrogen and oxygen atoms in total. The monoisotopic (exact) mass is 352 g/mol. The molecule has 0 aliphatic heterocycles. The molecule has 0 aromatic heterocycles. The quantitative estimate of drug-likeness (QED) is 0.508. The van der Waals surface area contributed by atoms with Crippen LogP contribution in [0.2, 0.25) is 0 Å². The van der Waals surface area contributed by atoms with Crippen LogP contribution in [0.5, 0.6) is 0 Å². The van der Waals surface area contributed by atoms with Crippen LogP contribution < -0.4 is 0 Å². The maximum Gasteiger partial charge on any atom is 0.389 e. The molecule has 0 amide bonds. The van der Waals surface area contributed by atoms with Gasteiger partial charge in [-0.1, -0.05) is 24.3 Å². The molecule has 1 rings (SSSR count). The first-order chi connectivity index (χ1) is 10.2. The first kappa shape index (κ1) is 19.3. The zero-order chi connectivity index (χ0) is 18.1. The van der Waals surface area contributed by atoms with Gasteiger partial charge in [-0.15, -0.1) is 0 Å². The van der Waals surface area contributed by atoms with E-state index in [2.05, 4.69) is 0 Å². The van der Waals surface area contributed by atoms with E-state index in [0.29, 0.717) is 24.3 Å². The fourth-order valence-electron chi connectivity index (χ4n) is 1.64. The number of hydrogen-bond donors (Lipinski definition) is 0. The number of carbonyl (C=O) groups is 1. The van der Waals surface area contributed by atoms with Crippen LogP contribution in [0.3, 0.4) is 0 Å². The van der Waals surface area contributed by atoms with E-state index in [4.69, 9.17) is 0 Å². The highest BCUT2D eigenvalue weighted by Crippen LogP contribution is 2.53. The van der Waals surface area contributed by atoms with Crippen molar-refractivity contribution in [2.75, 3.05) is 0 Å². The van der Waals surface area contributed by atoms with Crippen molar-refractivity contribution in [2.45, 2.75) is 36.8 Å². The summed E-state index contributed by atoms with van der Waals surface area (Å²) in [5.74, 6) is -17.1. The lowest BCUT2D eigenvalue weighted by Gasteiger charge is -2.33. The first-order valence-electron chi connectivity index (χ1n) is 6.00. The number of alkyl halides is 9. The third-order valence-electron chi connectivity index (χ3n) is 2.99. The zero-order valence-electron chi connectivity index (χ0n) is 11.1. The maximum absolute atomic E-state index is 13.7. The Morgan fingerprint density at radius 3 is 1.65 bits per heavy atom. The van der Waals surface area contributed by atoms with Crippen LogP contribution in [0.4, 0.5) is 39.5 Å². The minimum Gasteiger partial charge on any atom is -0.298 e. The third kappa shape index (κ3) is 3.97. The van der Waals surface area contributed by atoms with Crippen molar-refractivity contribution in [1.29, 1.82) is 0 Å². The second-order valence-electron chi connectivity index (χ2n) is 4.71. The Bertz CT molecular complexity index is 546. The molecule has 0 unspecified atom stereocenters. The van der Waals surface area contributed by atoms with Gasteiger partial charge in [0.1, 0.15) is 6.29 Å². The Morgan fingerprint density at radius 2 is 1.26 bits per heavy atom. The SMILES string of the molecule is O=Cc1ccc(C(F)(F)C(F)(F)C(F)(F)CCC(F)(F)F)cc1. The van der Waals surface area contributed by atoms with Crippen LogP contribution in [0.15, 0.2) is 24.3 Å². The molecule has 10 heteroatoms. The number of carbonyl (C=O) groups excluding carboxylic acids is 1. The van der Waals surface area contributed by atoms with Crippen molar-refractivity contribution in [3.63, 3.8) is 0 Å². The van der Waals surface area contributed by atoms with Gasteiger partial charge >= 0.3 is 23.9 Å². The summed E-state index contributed by atoms with van der Waals surface area (Å²) in [5, 5.41) is 0. The van der Waals surface area contributed by atoms with Gasteiger partial charge in [0.2, 0.25) is 0 Å². The van der Waals surface area contributed by atoms with Gasteiger partial charge in [0.05, 0.1) is 0 Å². The Kier molecular flexibility index (Phi) is 5.07. The maximum atomic E-state index is 13.7. The van der Waals surface area contributed by atoms with Gasteiger partial charge in [0, 0.05) is 24.0 Å². The summed E-state index contributed by atoms with van der Waals surface area (Å²) >= 11 is 0. The predicted octanol–water partition coefficient (Wildman–Crippen LogP) is 5.20. The minimum atomic E-state index is -6.05. The van der Waals surface area contributed by atoms with Gasteiger partial charge in [-0.05, 0) is 0 Å². The van der Waals surface area contributed by atoms with Gasteiger partial charge in [0.15, 0.2) is 0 Å². The lowest BCUT2D eigenvalue weighted by atomic mass is 9.94. The summed E-state index contributed by atoms with van der Waals surface area (Å²) in [6.45, 7) is 0. The van der Waals surface area contributed by atoms with Gasteiger partial charge in [-0.3, -0.25) is 4.79 Å². The zero-order valence-corrected chi connectivity index (χ0v) is 11.1. The largest absolute Gasteiger partial charge is 0.389 e. The third-order valence-corrected chi connectivity index (χ3v) is 2.99. The highest BCUT2D eigenvalue weighted by atomic mass is 19.4.